The van der Waals surface area contributed by atoms with Crippen LogP contribution in [0.2, 0.25) is 0 Å². The van der Waals surface area contributed by atoms with Crippen molar-refractivity contribution in [3.05, 3.63) is 0 Å². The molecule has 0 bridgehead atoms. The molecule has 5 nitrogen and oxygen atoms in total. The van der Waals surface area contributed by atoms with E-state index in [2.05, 4.69) is 5.32 Å². The molecule has 2 rings (SSSR count). The summed E-state index contributed by atoms with van der Waals surface area (Å²) >= 11 is 0. The van der Waals surface area contributed by atoms with Crippen LogP contribution in [0.1, 0.15) is 25.7 Å². The Labute approximate surface area is 115 Å². The Hall–Kier alpha value is -0.330. The highest BCUT2D eigenvalue weighted by molar-refractivity contribution is 7.91. The van der Waals surface area contributed by atoms with Crippen molar-refractivity contribution in [1.82, 2.24) is 10.2 Å². The third-order valence-electron chi connectivity index (χ3n) is 3.71. The molecule has 106 valence electrons. The molecule has 0 spiro atoms. The van der Waals surface area contributed by atoms with E-state index in [1.807, 2.05) is 0 Å². The Bertz CT molecular complexity index is 393. The van der Waals surface area contributed by atoms with E-state index < -0.39 is 9.84 Å². The minimum Gasteiger partial charge on any atom is -0.340 e. The van der Waals surface area contributed by atoms with Crippen LogP contribution in [0.25, 0.3) is 0 Å². The van der Waals surface area contributed by atoms with Crippen molar-refractivity contribution < 1.29 is 13.2 Å². The van der Waals surface area contributed by atoms with Gasteiger partial charge in [-0.2, -0.15) is 0 Å². The molecule has 0 aromatic carbocycles. The zero-order valence-electron chi connectivity index (χ0n) is 10.6. The fraction of sp³-hybridized carbons (Fsp3) is 0.909. The molecule has 18 heavy (non-hydrogen) atoms. The van der Waals surface area contributed by atoms with E-state index in [0.717, 1.165) is 25.8 Å². The number of rotatable bonds is 2. The van der Waals surface area contributed by atoms with Gasteiger partial charge in [-0.1, -0.05) is 6.42 Å². The Morgan fingerprint density at radius 3 is 2.50 bits per heavy atom. The molecule has 2 fully saturated rings. The molecule has 2 heterocycles. The third kappa shape index (κ3) is 3.59. The van der Waals surface area contributed by atoms with Crippen LogP contribution in [-0.2, 0) is 14.6 Å². The summed E-state index contributed by atoms with van der Waals surface area (Å²) in [6.45, 7) is 0.882. The van der Waals surface area contributed by atoms with Crippen LogP contribution in [0.3, 0.4) is 0 Å². The zero-order valence-corrected chi connectivity index (χ0v) is 12.2. The average Bonchev–Trinajstić information content (AvgIpc) is 2.69. The van der Waals surface area contributed by atoms with Gasteiger partial charge in [0.15, 0.2) is 9.84 Å². The van der Waals surface area contributed by atoms with E-state index in [1.165, 1.54) is 0 Å². The summed E-state index contributed by atoms with van der Waals surface area (Å²) in [5, 5.41) is 3.20. The number of hydrogen-bond donors (Lipinski definition) is 1. The predicted molar refractivity (Wildman–Crippen MR) is 72.7 cm³/mol. The topological polar surface area (TPSA) is 66.5 Å². The highest BCUT2D eigenvalue weighted by Gasteiger charge is 2.35. The molecule has 1 unspecified atom stereocenters. The van der Waals surface area contributed by atoms with Gasteiger partial charge in [-0.05, 0) is 25.8 Å². The van der Waals surface area contributed by atoms with Crippen LogP contribution in [0.15, 0.2) is 0 Å². The first-order valence-corrected chi connectivity index (χ1v) is 8.02. The first-order chi connectivity index (χ1) is 7.99. The molecule has 0 aromatic rings. The number of sulfone groups is 1. The van der Waals surface area contributed by atoms with Crippen molar-refractivity contribution in [2.45, 2.75) is 37.8 Å². The molecule has 7 heteroatoms. The largest absolute Gasteiger partial charge is 0.340 e. The molecular formula is C11H21ClN2O3S. The number of nitrogens with one attached hydrogen (secondary N) is 1. The van der Waals surface area contributed by atoms with Crippen LogP contribution >= 0.6 is 12.4 Å². The van der Waals surface area contributed by atoms with Gasteiger partial charge in [0.1, 0.15) is 0 Å². The van der Waals surface area contributed by atoms with Gasteiger partial charge in [-0.25, -0.2) is 8.42 Å². The smallest absolute Gasteiger partial charge is 0.239 e. The fourth-order valence-electron chi connectivity index (χ4n) is 2.57. The maximum Gasteiger partial charge on any atom is 0.239 e. The van der Waals surface area contributed by atoms with E-state index in [9.17, 15) is 13.2 Å². The predicted octanol–water partition coefficient (Wildman–Crippen LogP) is 0.196. The van der Waals surface area contributed by atoms with Crippen LogP contribution in [-0.4, -0.2) is 56.4 Å². The lowest BCUT2D eigenvalue weighted by molar-refractivity contribution is -0.134. The van der Waals surface area contributed by atoms with Gasteiger partial charge in [0.25, 0.3) is 0 Å². The molecule has 0 saturated carbocycles. The summed E-state index contributed by atoms with van der Waals surface area (Å²) in [7, 11) is -1.19. The lowest BCUT2D eigenvalue weighted by Gasteiger charge is -2.30. The Balaban J connectivity index is 0.00000162. The highest BCUT2D eigenvalue weighted by atomic mass is 35.5. The summed E-state index contributed by atoms with van der Waals surface area (Å²) in [6, 6.07) is -0.242. The van der Waals surface area contributed by atoms with Crippen molar-refractivity contribution in [2.24, 2.45) is 0 Å². The zero-order chi connectivity index (χ0) is 12.5. The first kappa shape index (κ1) is 15.7. The molecule has 2 saturated heterocycles. The van der Waals surface area contributed by atoms with Crippen LogP contribution < -0.4 is 5.32 Å². The lowest BCUT2D eigenvalue weighted by Crippen LogP contribution is -2.50. The monoisotopic (exact) mass is 296 g/mol. The molecule has 2 aliphatic heterocycles. The number of carbonyl (C=O) groups is 1. The Morgan fingerprint density at radius 1 is 1.28 bits per heavy atom. The van der Waals surface area contributed by atoms with Gasteiger partial charge in [-0.3, -0.25) is 4.79 Å². The van der Waals surface area contributed by atoms with Crippen molar-refractivity contribution in [3.63, 3.8) is 0 Å². The number of nitrogens with zero attached hydrogens (tertiary/aromatic N) is 1. The maximum absolute atomic E-state index is 12.2. The van der Waals surface area contributed by atoms with Gasteiger partial charge in [0.2, 0.25) is 5.91 Å². The van der Waals surface area contributed by atoms with Gasteiger partial charge in [-0.15, -0.1) is 12.4 Å². The number of carbonyl (C=O) groups excluding carboxylic acids is 1. The van der Waals surface area contributed by atoms with Gasteiger partial charge >= 0.3 is 0 Å². The molecule has 2 aliphatic rings. The van der Waals surface area contributed by atoms with Gasteiger partial charge < -0.3 is 10.2 Å². The minimum absolute atomic E-state index is 0. The van der Waals surface area contributed by atoms with Crippen molar-refractivity contribution in [1.29, 1.82) is 0 Å². The summed E-state index contributed by atoms with van der Waals surface area (Å²) in [4.78, 5) is 13.8. The van der Waals surface area contributed by atoms with Crippen LogP contribution in [0.5, 0.6) is 0 Å². The molecule has 0 aromatic heterocycles. The van der Waals surface area contributed by atoms with Gasteiger partial charge in [0, 0.05) is 13.1 Å². The fourth-order valence-corrected chi connectivity index (χ4v) is 4.34. The molecule has 0 radical (unpaired) electrons. The maximum atomic E-state index is 12.2. The molecule has 2 atom stereocenters. The second kappa shape index (κ2) is 6.21. The summed E-state index contributed by atoms with van der Waals surface area (Å²) < 4.78 is 22.8. The number of piperidine rings is 1. The second-order valence-electron chi connectivity index (χ2n) is 5.01. The van der Waals surface area contributed by atoms with Crippen molar-refractivity contribution >= 4 is 28.2 Å². The van der Waals surface area contributed by atoms with E-state index in [4.69, 9.17) is 0 Å². The Morgan fingerprint density at radius 2 is 2.00 bits per heavy atom. The SMILES string of the molecule is CN(C(=O)[C@H]1CCCCN1)C1CCS(=O)(=O)C1.Cl. The average molecular weight is 297 g/mol. The Kier molecular flexibility index (Phi) is 5.43. The van der Waals surface area contributed by atoms with E-state index in [0.29, 0.717) is 6.42 Å². The number of amides is 1. The molecular weight excluding hydrogens is 276 g/mol. The lowest BCUT2D eigenvalue weighted by atomic mass is 10.0. The summed E-state index contributed by atoms with van der Waals surface area (Å²) in [5.41, 5.74) is 0. The quantitative estimate of drug-likeness (QED) is 0.790. The van der Waals surface area contributed by atoms with Crippen molar-refractivity contribution in [2.75, 3.05) is 25.1 Å². The number of likely N-dealkylation sites (N-methyl/N-ethyl adjacent to an activating group) is 1. The summed E-state index contributed by atoms with van der Waals surface area (Å²) in [6.07, 6.45) is 3.63. The second-order valence-corrected chi connectivity index (χ2v) is 7.24. The van der Waals surface area contributed by atoms with Gasteiger partial charge in [0.05, 0.1) is 17.5 Å². The number of hydrogen-bond acceptors (Lipinski definition) is 4. The van der Waals surface area contributed by atoms with Crippen molar-refractivity contribution in [3.8, 4) is 0 Å². The minimum atomic E-state index is -2.92. The normalized spacial score (nSPS) is 30.5. The summed E-state index contributed by atoms with van der Waals surface area (Å²) in [5.74, 6) is 0.391. The molecule has 0 aliphatic carbocycles. The van der Waals surface area contributed by atoms with Crippen LogP contribution in [0.4, 0.5) is 0 Å². The van der Waals surface area contributed by atoms with E-state index in [-0.39, 0.29) is 41.9 Å². The standard InChI is InChI=1S/C11H20N2O3S.ClH/c1-13(9-5-7-17(15,16)8-9)11(14)10-4-2-3-6-12-10;/h9-10,12H,2-8H2,1H3;1H/t9?,10-;/m1./s1. The van der Waals surface area contributed by atoms with Crippen LogP contribution in [0, 0.1) is 0 Å². The number of halogens is 1. The highest BCUT2D eigenvalue weighted by Crippen LogP contribution is 2.18. The molecule has 1 N–H and O–H groups in total. The van der Waals surface area contributed by atoms with E-state index >= 15 is 0 Å². The molecule has 1 amide bonds. The first-order valence-electron chi connectivity index (χ1n) is 6.20. The van der Waals surface area contributed by atoms with E-state index in [1.54, 1.807) is 11.9 Å². The third-order valence-corrected chi connectivity index (χ3v) is 5.46.